The van der Waals surface area contributed by atoms with Crippen LogP contribution in [0.15, 0.2) is 24.5 Å². The zero-order chi connectivity index (χ0) is 43.8. The van der Waals surface area contributed by atoms with E-state index in [-0.39, 0.29) is 12.0 Å². The molecule has 0 unspecified atom stereocenters. The summed E-state index contributed by atoms with van der Waals surface area (Å²) < 4.78 is 50.2. The first kappa shape index (κ1) is 43.6. The molecule has 13 atom stereocenters. The van der Waals surface area contributed by atoms with E-state index >= 15 is 4.79 Å². The molecule has 59 heavy (non-hydrogen) atoms. The van der Waals surface area contributed by atoms with E-state index in [0.29, 0.717) is 0 Å². The van der Waals surface area contributed by atoms with Crippen molar-refractivity contribution in [2.45, 2.75) is 136 Å². The maximum absolute atomic E-state index is 15.7. The summed E-state index contributed by atoms with van der Waals surface area (Å²) >= 11 is 0. The smallest absolute Gasteiger partial charge is 0.340 e. The molecule has 1 aliphatic heterocycles. The van der Waals surface area contributed by atoms with Crippen molar-refractivity contribution in [3.63, 3.8) is 0 Å². The molecule has 5 aliphatic rings. The second-order valence-corrected chi connectivity index (χ2v) is 17.9. The number of nitrogens with zero attached hydrogens (tertiary/aromatic N) is 1. The Morgan fingerprint density at radius 2 is 1.36 bits per heavy atom. The minimum absolute atomic E-state index is 0.0106. The van der Waals surface area contributed by atoms with Crippen LogP contribution in [0, 0.1) is 40.9 Å². The van der Waals surface area contributed by atoms with E-state index in [1.165, 1.54) is 38.4 Å². The fraction of sp³-hybridized carbons (Fsp3) is 0.690. The number of Topliss-reactive ketones (excluding diaryl/α,β-unsaturated/α-hetero) is 1. The van der Waals surface area contributed by atoms with Crippen LogP contribution in [0.4, 0.5) is 0 Å². The number of rotatable bonds is 10. The summed E-state index contributed by atoms with van der Waals surface area (Å²) in [6.07, 6.45) is -4.41. The second-order valence-electron chi connectivity index (χ2n) is 17.9. The third kappa shape index (κ3) is 6.86. The Kier molecular flexibility index (Phi) is 11.1. The maximum Gasteiger partial charge on any atom is 0.340 e. The van der Waals surface area contributed by atoms with Crippen LogP contribution >= 0.6 is 0 Å². The number of carbonyl (C=O) groups is 8. The lowest BCUT2D eigenvalue weighted by atomic mass is 9.42. The van der Waals surface area contributed by atoms with Gasteiger partial charge in [0.1, 0.15) is 17.3 Å². The Labute approximate surface area is 341 Å². The van der Waals surface area contributed by atoms with Crippen molar-refractivity contribution in [1.82, 2.24) is 4.98 Å². The molecule has 2 heterocycles. The fourth-order valence-corrected chi connectivity index (χ4v) is 11.1. The van der Waals surface area contributed by atoms with Crippen LogP contribution in [-0.4, -0.2) is 106 Å². The molecule has 6 rings (SSSR count). The first-order valence-corrected chi connectivity index (χ1v) is 19.8. The number of hydrogen-bond donors (Lipinski definition) is 0. The van der Waals surface area contributed by atoms with Crippen LogP contribution in [0.2, 0.25) is 0 Å². The van der Waals surface area contributed by atoms with Crippen LogP contribution in [0.3, 0.4) is 0 Å². The van der Waals surface area contributed by atoms with Gasteiger partial charge in [-0.05, 0) is 39.3 Å². The first-order valence-electron chi connectivity index (χ1n) is 19.8. The summed E-state index contributed by atoms with van der Waals surface area (Å²) in [7, 11) is 0. The molecule has 5 fully saturated rings. The van der Waals surface area contributed by atoms with Crippen LogP contribution < -0.4 is 0 Å². The summed E-state index contributed by atoms with van der Waals surface area (Å²) in [4.78, 5) is 114. The molecule has 0 spiro atoms. The van der Waals surface area contributed by atoms with Gasteiger partial charge in [0.15, 0.2) is 35.3 Å². The number of ketones is 1. The Balaban J connectivity index is 1.71. The molecule has 0 N–H and O–H groups in total. The molecule has 17 nitrogen and oxygen atoms in total. The summed E-state index contributed by atoms with van der Waals surface area (Å²) in [5.41, 5.74) is -9.46. The maximum atomic E-state index is 15.7. The summed E-state index contributed by atoms with van der Waals surface area (Å²) in [6, 6.07) is 2.95. The first-order chi connectivity index (χ1) is 27.4. The SMILES string of the molecule is CC(=O)O[C@@H]1[C@H]2[C@@H](OC(=O)C(C)C)[C@@](C)(OC(=O)c3cccnc3)C[C@]2(OC(C)=O)[C@@H](OC(C)=O)[C@]2(C)OC[C@]13C(=O)[C@H](OC(=O)C(C)C)[C@@H]1C[C@](C)(OC(C)=O)[C@@H]1[C@@H]23. The highest BCUT2D eigenvalue weighted by atomic mass is 16.6. The van der Waals surface area contributed by atoms with Crippen molar-refractivity contribution in [1.29, 1.82) is 0 Å². The number of esters is 7. The highest BCUT2D eigenvalue weighted by Crippen LogP contribution is 2.73. The standard InChI is InChI=1S/C42H53NO16/c1-19(2)34(49)55-29-26-15-38(9,57-23(7)46)27(26)30-40(11)37(54-22(6)45)42(58-24(8)47)17-39(10,59-36(51)25-13-12-14-43-16-25)32(56-35(50)20(3)4)28(42)33(53-21(5)44)41(30,18-52-40)31(29)48/h12-14,16,19-20,26-30,32-33,37H,15,17-18H2,1-11H3/t26-,27+,28-,29-,30+,32-,33-,37+,38+,39+,40-,41+,42-/m1/s1. The highest BCUT2D eigenvalue weighted by molar-refractivity contribution is 5.95. The lowest BCUT2D eigenvalue weighted by molar-refractivity contribution is -0.262. The number of ether oxygens (including phenoxy) is 8. The van der Waals surface area contributed by atoms with Gasteiger partial charge in [0.25, 0.3) is 0 Å². The molecule has 0 amide bonds. The number of fused-ring (bicyclic) bond motifs is 2. The van der Waals surface area contributed by atoms with E-state index in [2.05, 4.69) is 4.98 Å². The van der Waals surface area contributed by atoms with Crippen LogP contribution in [0.1, 0.15) is 99.4 Å². The fourth-order valence-electron chi connectivity index (χ4n) is 11.1. The van der Waals surface area contributed by atoms with Gasteiger partial charge in [-0.3, -0.25) is 38.5 Å². The lowest BCUT2D eigenvalue weighted by Gasteiger charge is -2.64. The molecule has 4 aliphatic carbocycles. The van der Waals surface area contributed by atoms with Crippen molar-refractivity contribution in [3.8, 4) is 0 Å². The molecular weight excluding hydrogens is 774 g/mol. The van der Waals surface area contributed by atoms with Crippen molar-refractivity contribution in [2.75, 3.05) is 6.61 Å². The van der Waals surface area contributed by atoms with Gasteiger partial charge in [0, 0.05) is 64.3 Å². The van der Waals surface area contributed by atoms with Gasteiger partial charge in [-0.25, -0.2) is 4.79 Å². The Hall–Kier alpha value is -4.93. The van der Waals surface area contributed by atoms with Crippen molar-refractivity contribution >= 4 is 47.6 Å². The van der Waals surface area contributed by atoms with E-state index in [1.54, 1.807) is 41.5 Å². The third-order valence-electron chi connectivity index (χ3n) is 12.9. The van der Waals surface area contributed by atoms with Crippen molar-refractivity contribution < 1.29 is 76.3 Å². The predicted octanol–water partition coefficient (Wildman–Crippen LogP) is 3.26. The molecular formula is C42H53NO16. The van der Waals surface area contributed by atoms with Crippen LogP contribution in [0.5, 0.6) is 0 Å². The zero-order valence-electron chi connectivity index (χ0n) is 35.2. The zero-order valence-corrected chi connectivity index (χ0v) is 35.2. The monoisotopic (exact) mass is 827 g/mol. The van der Waals surface area contributed by atoms with E-state index in [4.69, 9.17) is 37.9 Å². The van der Waals surface area contributed by atoms with E-state index < -0.39 is 148 Å². The normalized spacial score (nSPS) is 39.0. The second kappa shape index (κ2) is 15.0. The van der Waals surface area contributed by atoms with Gasteiger partial charge in [0.05, 0.1) is 35.3 Å². The van der Waals surface area contributed by atoms with E-state index in [0.717, 1.165) is 20.8 Å². The number of carbonyl (C=O) groups excluding carboxylic acids is 8. The van der Waals surface area contributed by atoms with Gasteiger partial charge in [-0.2, -0.15) is 0 Å². The molecule has 0 aromatic carbocycles. The Morgan fingerprint density at radius 1 is 0.746 bits per heavy atom. The molecule has 17 heteroatoms. The van der Waals surface area contributed by atoms with Crippen molar-refractivity contribution in [2.24, 2.45) is 40.9 Å². The highest BCUT2D eigenvalue weighted by Gasteiger charge is 2.88. The average molecular weight is 828 g/mol. The summed E-state index contributed by atoms with van der Waals surface area (Å²) in [5.74, 6) is -12.4. The quantitative estimate of drug-likeness (QED) is 0.244. The van der Waals surface area contributed by atoms with Gasteiger partial charge in [-0.1, -0.05) is 27.7 Å². The minimum atomic E-state index is -2.25. The number of pyridine rings is 1. The van der Waals surface area contributed by atoms with Crippen molar-refractivity contribution in [3.05, 3.63) is 30.1 Å². The average Bonchev–Trinajstić information content (AvgIpc) is 3.53. The third-order valence-corrected chi connectivity index (χ3v) is 12.9. The summed E-state index contributed by atoms with van der Waals surface area (Å²) in [6.45, 7) is 15.0. The summed E-state index contributed by atoms with van der Waals surface area (Å²) in [5, 5.41) is 0. The molecule has 1 aromatic rings. The predicted molar refractivity (Wildman–Crippen MR) is 198 cm³/mol. The molecule has 1 aromatic heterocycles. The minimum Gasteiger partial charge on any atom is -0.461 e. The molecule has 0 radical (unpaired) electrons. The van der Waals surface area contributed by atoms with Gasteiger partial charge in [0.2, 0.25) is 0 Å². The Bertz CT molecular complexity index is 1950. The number of aromatic nitrogens is 1. The van der Waals surface area contributed by atoms with Crippen LogP contribution in [0.25, 0.3) is 0 Å². The van der Waals surface area contributed by atoms with Crippen LogP contribution in [-0.2, 0) is 71.5 Å². The topological polar surface area (TPSA) is 223 Å². The van der Waals surface area contributed by atoms with E-state index in [1.807, 2.05) is 0 Å². The lowest BCUT2D eigenvalue weighted by Crippen LogP contribution is -2.75. The molecule has 322 valence electrons. The molecule has 4 saturated carbocycles. The van der Waals surface area contributed by atoms with Gasteiger partial charge >= 0.3 is 41.8 Å². The molecule has 2 bridgehead atoms. The largest absolute Gasteiger partial charge is 0.461 e. The van der Waals surface area contributed by atoms with Gasteiger partial charge < -0.3 is 37.9 Å². The van der Waals surface area contributed by atoms with Gasteiger partial charge in [-0.15, -0.1) is 0 Å². The number of hydrogen-bond acceptors (Lipinski definition) is 17. The molecule has 1 saturated heterocycles. The van der Waals surface area contributed by atoms with E-state index in [9.17, 15) is 33.6 Å². The Morgan fingerprint density at radius 3 is 1.90 bits per heavy atom.